The van der Waals surface area contributed by atoms with Crippen molar-refractivity contribution in [3.05, 3.63) is 90.1 Å². The zero-order valence-electron chi connectivity index (χ0n) is 15.6. The maximum Gasteiger partial charge on any atom is 0.255 e. The van der Waals surface area contributed by atoms with Gasteiger partial charge in [-0.2, -0.15) is 0 Å². The van der Waals surface area contributed by atoms with E-state index in [1.165, 1.54) is 0 Å². The summed E-state index contributed by atoms with van der Waals surface area (Å²) in [5.41, 5.74) is 9.83. The first-order chi connectivity index (χ1) is 13.6. The molecule has 5 heteroatoms. The van der Waals surface area contributed by atoms with Crippen molar-refractivity contribution in [3.63, 3.8) is 0 Å². The highest BCUT2D eigenvalue weighted by Gasteiger charge is 2.10. The number of nitrogens with zero attached hydrogens (tertiary/aromatic N) is 1. The molecular weight excluding hydrogens is 350 g/mol. The Bertz CT molecular complexity index is 1130. The van der Waals surface area contributed by atoms with Gasteiger partial charge < -0.3 is 20.4 Å². The number of nitrogens with one attached hydrogen (secondary N) is 1. The van der Waals surface area contributed by atoms with Crippen LogP contribution >= 0.6 is 0 Å². The van der Waals surface area contributed by atoms with Crippen LogP contribution in [0.25, 0.3) is 10.9 Å². The van der Waals surface area contributed by atoms with E-state index < -0.39 is 0 Å². The Hall–Kier alpha value is -3.73. The van der Waals surface area contributed by atoms with E-state index in [-0.39, 0.29) is 5.91 Å². The van der Waals surface area contributed by atoms with Crippen LogP contribution in [0.3, 0.4) is 0 Å². The maximum absolute atomic E-state index is 12.7. The van der Waals surface area contributed by atoms with Crippen molar-refractivity contribution in [3.8, 4) is 5.75 Å². The molecule has 0 aliphatic rings. The van der Waals surface area contributed by atoms with Gasteiger partial charge in [-0.3, -0.25) is 4.79 Å². The Kier molecular flexibility index (Phi) is 4.72. The van der Waals surface area contributed by atoms with Crippen LogP contribution < -0.4 is 15.8 Å². The number of hydrogen-bond acceptors (Lipinski definition) is 3. The normalized spacial score (nSPS) is 10.8. The van der Waals surface area contributed by atoms with Crippen LogP contribution in [0.1, 0.15) is 15.9 Å². The smallest absolute Gasteiger partial charge is 0.255 e. The molecule has 0 aliphatic carbocycles. The molecular formula is C23H21N3O2. The van der Waals surface area contributed by atoms with Crippen LogP contribution in [0.5, 0.6) is 5.75 Å². The molecule has 4 rings (SSSR count). The van der Waals surface area contributed by atoms with Gasteiger partial charge in [0.25, 0.3) is 5.91 Å². The first-order valence-corrected chi connectivity index (χ1v) is 9.02. The SMILES string of the molecule is COc1ccc(Cn2ccc3ccc(C(=O)Nc4ccccc4N)cc32)cc1. The van der Waals surface area contributed by atoms with Gasteiger partial charge in [0.2, 0.25) is 0 Å². The summed E-state index contributed by atoms with van der Waals surface area (Å²) in [4.78, 5) is 12.7. The molecule has 28 heavy (non-hydrogen) atoms. The lowest BCUT2D eigenvalue weighted by molar-refractivity contribution is 0.102. The highest BCUT2D eigenvalue weighted by Crippen LogP contribution is 2.22. The second kappa shape index (κ2) is 7.48. The van der Waals surface area contributed by atoms with E-state index in [0.29, 0.717) is 23.5 Å². The van der Waals surface area contributed by atoms with Gasteiger partial charge in [0, 0.05) is 23.8 Å². The largest absolute Gasteiger partial charge is 0.497 e. The van der Waals surface area contributed by atoms with Gasteiger partial charge in [-0.1, -0.05) is 30.3 Å². The zero-order valence-corrected chi connectivity index (χ0v) is 15.6. The van der Waals surface area contributed by atoms with E-state index in [1.807, 2.05) is 60.8 Å². The average molecular weight is 371 g/mol. The summed E-state index contributed by atoms with van der Waals surface area (Å²) in [7, 11) is 1.66. The molecule has 0 fully saturated rings. The van der Waals surface area contributed by atoms with E-state index in [4.69, 9.17) is 10.5 Å². The van der Waals surface area contributed by atoms with Crippen LogP contribution in [0.15, 0.2) is 79.0 Å². The Labute approximate surface area is 163 Å². The van der Waals surface area contributed by atoms with Gasteiger partial charge in [0.15, 0.2) is 0 Å². The summed E-state index contributed by atoms with van der Waals surface area (Å²) >= 11 is 0. The predicted octanol–water partition coefficient (Wildman–Crippen LogP) is 4.53. The van der Waals surface area contributed by atoms with Crippen molar-refractivity contribution in [2.24, 2.45) is 0 Å². The third kappa shape index (κ3) is 3.55. The maximum atomic E-state index is 12.7. The number of carbonyl (C=O) groups is 1. The van der Waals surface area contributed by atoms with E-state index in [2.05, 4.69) is 16.0 Å². The van der Waals surface area contributed by atoms with E-state index in [0.717, 1.165) is 22.2 Å². The Morgan fingerprint density at radius 3 is 2.57 bits per heavy atom. The van der Waals surface area contributed by atoms with Gasteiger partial charge >= 0.3 is 0 Å². The molecule has 0 aliphatic heterocycles. The fourth-order valence-electron chi connectivity index (χ4n) is 3.20. The Morgan fingerprint density at radius 1 is 1.04 bits per heavy atom. The third-order valence-corrected chi connectivity index (χ3v) is 4.76. The topological polar surface area (TPSA) is 69.3 Å². The standard InChI is InChI=1S/C23H21N3O2/c1-28-19-10-6-16(7-11-19)15-26-13-12-17-8-9-18(14-22(17)26)23(27)25-21-5-3-2-4-20(21)24/h2-14H,15,24H2,1H3,(H,25,27). The first-order valence-electron chi connectivity index (χ1n) is 9.02. The number of para-hydroxylation sites is 2. The van der Waals surface area contributed by atoms with Crippen molar-refractivity contribution in [2.75, 3.05) is 18.2 Å². The fourth-order valence-corrected chi connectivity index (χ4v) is 3.20. The fraction of sp³-hybridized carbons (Fsp3) is 0.0870. The summed E-state index contributed by atoms with van der Waals surface area (Å²) in [5, 5.41) is 3.97. The molecule has 5 nitrogen and oxygen atoms in total. The van der Waals surface area contributed by atoms with Gasteiger partial charge in [0.05, 0.1) is 18.5 Å². The number of fused-ring (bicyclic) bond motifs is 1. The van der Waals surface area contributed by atoms with Crippen LogP contribution in [0.2, 0.25) is 0 Å². The minimum atomic E-state index is -0.183. The predicted molar refractivity (Wildman–Crippen MR) is 113 cm³/mol. The molecule has 0 unspecified atom stereocenters. The van der Waals surface area contributed by atoms with Crippen molar-refractivity contribution in [1.82, 2.24) is 4.57 Å². The van der Waals surface area contributed by atoms with Gasteiger partial charge in [-0.05, 0) is 53.4 Å². The summed E-state index contributed by atoms with van der Waals surface area (Å²) in [6.07, 6.45) is 2.03. The number of ether oxygens (including phenoxy) is 1. The molecule has 0 saturated heterocycles. The number of methoxy groups -OCH3 is 1. The number of rotatable bonds is 5. The molecule has 0 radical (unpaired) electrons. The van der Waals surface area contributed by atoms with E-state index in [9.17, 15) is 4.79 Å². The first kappa shape index (κ1) is 17.7. The molecule has 0 saturated carbocycles. The van der Waals surface area contributed by atoms with Gasteiger partial charge in [-0.25, -0.2) is 0 Å². The Balaban J connectivity index is 1.60. The molecule has 0 bridgehead atoms. The Morgan fingerprint density at radius 2 is 1.82 bits per heavy atom. The molecule has 0 spiro atoms. The van der Waals surface area contributed by atoms with Crippen molar-refractivity contribution < 1.29 is 9.53 Å². The van der Waals surface area contributed by atoms with Crippen molar-refractivity contribution in [1.29, 1.82) is 0 Å². The number of aromatic nitrogens is 1. The van der Waals surface area contributed by atoms with Crippen LogP contribution in [0, 0.1) is 0 Å². The molecule has 140 valence electrons. The van der Waals surface area contributed by atoms with E-state index >= 15 is 0 Å². The lowest BCUT2D eigenvalue weighted by atomic mass is 10.1. The van der Waals surface area contributed by atoms with Crippen LogP contribution in [-0.4, -0.2) is 17.6 Å². The van der Waals surface area contributed by atoms with Crippen LogP contribution in [0.4, 0.5) is 11.4 Å². The zero-order chi connectivity index (χ0) is 19.5. The lowest BCUT2D eigenvalue weighted by Crippen LogP contribution is -2.13. The summed E-state index contributed by atoms with van der Waals surface area (Å²) in [5.74, 6) is 0.650. The number of carbonyl (C=O) groups excluding carboxylic acids is 1. The van der Waals surface area contributed by atoms with Crippen LogP contribution in [-0.2, 0) is 6.54 Å². The second-order valence-electron chi connectivity index (χ2n) is 6.61. The highest BCUT2D eigenvalue weighted by atomic mass is 16.5. The van der Waals surface area contributed by atoms with Crippen molar-refractivity contribution >= 4 is 28.2 Å². The summed E-state index contributed by atoms with van der Waals surface area (Å²) < 4.78 is 7.34. The molecule has 1 aromatic heterocycles. The van der Waals surface area contributed by atoms with Crippen molar-refractivity contribution in [2.45, 2.75) is 6.54 Å². The molecule has 1 heterocycles. The van der Waals surface area contributed by atoms with Gasteiger partial charge in [-0.15, -0.1) is 0 Å². The lowest BCUT2D eigenvalue weighted by Gasteiger charge is -2.10. The average Bonchev–Trinajstić information content (AvgIpc) is 3.12. The van der Waals surface area contributed by atoms with Gasteiger partial charge in [0.1, 0.15) is 5.75 Å². The number of hydrogen-bond donors (Lipinski definition) is 2. The van der Waals surface area contributed by atoms with E-state index in [1.54, 1.807) is 19.2 Å². The molecule has 3 aromatic carbocycles. The third-order valence-electron chi connectivity index (χ3n) is 4.76. The number of nitrogens with two attached hydrogens (primary N) is 1. The molecule has 1 amide bonds. The number of benzene rings is 3. The minimum absolute atomic E-state index is 0.183. The minimum Gasteiger partial charge on any atom is -0.497 e. The monoisotopic (exact) mass is 371 g/mol. The number of amides is 1. The summed E-state index contributed by atoms with van der Waals surface area (Å²) in [6, 6.07) is 23.0. The quantitative estimate of drug-likeness (QED) is 0.506. The molecule has 0 atom stereocenters. The molecule has 3 N–H and O–H groups in total. The number of nitrogen functional groups attached to an aromatic ring is 1. The highest BCUT2D eigenvalue weighted by molar-refractivity contribution is 6.07. The second-order valence-corrected chi connectivity index (χ2v) is 6.61. The molecule has 4 aromatic rings. The number of anilines is 2. The summed E-state index contributed by atoms with van der Waals surface area (Å²) in [6.45, 7) is 0.713.